The molecule has 1 saturated heterocycles. The van der Waals surface area contributed by atoms with E-state index in [9.17, 15) is 0 Å². The molecule has 0 aromatic carbocycles. The first-order valence-electron chi connectivity index (χ1n) is 6.09. The molecule has 0 radical (unpaired) electrons. The monoisotopic (exact) mass is 281 g/mol. The first kappa shape index (κ1) is 14.1. The lowest BCUT2D eigenvalue weighted by molar-refractivity contribution is -0.0512. The quantitative estimate of drug-likeness (QED) is 0.846. The van der Waals surface area contributed by atoms with Gasteiger partial charge < -0.3 is 14.4 Å². The van der Waals surface area contributed by atoms with Gasteiger partial charge in [-0.15, -0.1) is 0 Å². The zero-order valence-electron chi connectivity index (χ0n) is 11.0. The van der Waals surface area contributed by atoms with E-state index >= 15 is 0 Å². The van der Waals surface area contributed by atoms with Gasteiger partial charge in [0.25, 0.3) is 0 Å². The predicted molar refractivity (Wildman–Crippen MR) is 72.4 cm³/mol. The second-order valence-corrected chi connectivity index (χ2v) is 4.98. The topological polar surface area (TPSA) is 58.4 Å². The first-order valence-corrected chi connectivity index (χ1v) is 6.46. The molecule has 0 amide bonds. The summed E-state index contributed by atoms with van der Waals surface area (Å²) in [5.74, 6) is 0.692. The number of nitrogens with zero attached hydrogens (tertiary/aromatic N) is 3. The molecule has 102 valence electrons. The highest BCUT2D eigenvalue weighted by molar-refractivity contribution is 6.33. The number of anilines is 1. The Bertz CT molecular complexity index is 489. The number of ether oxygens (including phenoxy) is 2. The van der Waals surface area contributed by atoms with Crippen LogP contribution in [-0.4, -0.2) is 44.0 Å². The summed E-state index contributed by atoms with van der Waals surface area (Å²) in [6.45, 7) is 3.94. The molecule has 19 heavy (non-hydrogen) atoms. The van der Waals surface area contributed by atoms with Crippen LogP contribution in [0.3, 0.4) is 0 Å². The van der Waals surface area contributed by atoms with E-state index < -0.39 is 0 Å². The fourth-order valence-electron chi connectivity index (χ4n) is 2.22. The minimum Gasteiger partial charge on any atom is -0.382 e. The maximum Gasteiger partial charge on any atom is 0.147 e. The molecule has 2 rings (SSSR count). The second kappa shape index (κ2) is 6.20. The molecule has 2 unspecified atom stereocenters. The van der Waals surface area contributed by atoms with Gasteiger partial charge in [0, 0.05) is 26.4 Å². The predicted octanol–water partition coefficient (Wildman–Crippen LogP) is 1.85. The van der Waals surface area contributed by atoms with Crippen LogP contribution in [0.5, 0.6) is 0 Å². The summed E-state index contributed by atoms with van der Waals surface area (Å²) < 4.78 is 10.9. The number of hydrogen-bond donors (Lipinski definition) is 0. The largest absolute Gasteiger partial charge is 0.382 e. The highest BCUT2D eigenvalue weighted by atomic mass is 35.5. The van der Waals surface area contributed by atoms with Crippen LogP contribution < -0.4 is 4.90 Å². The number of halogens is 1. The smallest absolute Gasteiger partial charge is 0.147 e. The van der Waals surface area contributed by atoms with Gasteiger partial charge in [0.15, 0.2) is 0 Å². The second-order valence-electron chi connectivity index (χ2n) is 4.57. The molecule has 1 aliphatic rings. The minimum absolute atomic E-state index is 0.00209. The van der Waals surface area contributed by atoms with E-state index in [4.69, 9.17) is 26.3 Å². The Hall–Kier alpha value is -1.35. The fourth-order valence-corrected chi connectivity index (χ4v) is 2.51. The molecular weight excluding hydrogens is 266 g/mol. The summed E-state index contributed by atoms with van der Waals surface area (Å²) in [5.41, 5.74) is 0.462. The molecule has 1 fully saturated rings. The number of nitriles is 1. The van der Waals surface area contributed by atoms with E-state index in [1.54, 1.807) is 13.2 Å². The van der Waals surface area contributed by atoms with E-state index in [1.807, 2.05) is 13.0 Å². The van der Waals surface area contributed by atoms with Crippen molar-refractivity contribution in [3.05, 3.63) is 22.8 Å². The molecule has 2 heterocycles. The van der Waals surface area contributed by atoms with Gasteiger partial charge in [-0.2, -0.15) is 5.26 Å². The molecule has 0 spiro atoms. The Kier molecular flexibility index (Phi) is 4.59. The number of pyridine rings is 1. The van der Waals surface area contributed by atoms with Gasteiger partial charge in [-0.05, 0) is 13.0 Å². The van der Waals surface area contributed by atoms with Crippen molar-refractivity contribution in [1.29, 1.82) is 5.26 Å². The molecule has 0 saturated carbocycles. The van der Waals surface area contributed by atoms with Crippen molar-refractivity contribution in [2.24, 2.45) is 0 Å². The van der Waals surface area contributed by atoms with Crippen molar-refractivity contribution in [2.45, 2.75) is 19.1 Å². The van der Waals surface area contributed by atoms with Gasteiger partial charge in [-0.25, -0.2) is 4.98 Å². The number of rotatable bonds is 3. The third kappa shape index (κ3) is 3.35. The summed E-state index contributed by atoms with van der Waals surface area (Å²) in [6, 6.07) is 3.66. The number of methoxy groups -OCH3 is 1. The van der Waals surface area contributed by atoms with Gasteiger partial charge in [0.1, 0.15) is 11.9 Å². The van der Waals surface area contributed by atoms with Gasteiger partial charge >= 0.3 is 0 Å². The molecule has 0 aliphatic carbocycles. The zero-order valence-corrected chi connectivity index (χ0v) is 11.7. The number of morpholine rings is 1. The third-order valence-electron chi connectivity index (χ3n) is 2.93. The lowest BCUT2D eigenvalue weighted by Gasteiger charge is -2.37. The Labute approximate surface area is 117 Å². The maximum atomic E-state index is 8.82. The molecule has 0 bridgehead atoms. The molecule has 5 nitrogen and oxygen atoms in total. The number of aromatic nitrogens is 1. The normalized spacial score (nSPS) is 23.2. The van der Waals surface area contributed by atoms with E-state index in [2.05, 4.69) is 9.88 Å². The van der Waals surface area contributed by atoms with Crippen LogP contribution in [-0.2, 0) is 9.47 Å². The Morgan fingerprint density at radius 3 is 3.05 bits per heavy atom. The van der Waals surface area contributed by atoms with Crippen LogP contribution in [0.1, 0.15) is 12.5 Å². The van der Waals surface area contributed by atoms with Gasteiger partial charge in [0.2, 0.25) is 0 Å². The molecule has 0 N–H and O–H groups in total. The van der Waals surface area contributed by atoms with Crippen molar-refractivity contribution in [3.63, 3.8) is 0 Å². The van der Waals surface area contributed by atoms with Gasteiger partial charge in [0.05, 0.1) is 29.4 Å². The highest BCUT2D eigenvalue weighted by Gasteiger charge is 2.27. The zero-order chi connectivity index (χ0) is 13.8. The third-order valence-corrected chi connectivity index (χ3v) is 3.21. The lowest BCUT2D eigenvalue weighted by atomic mass is 10.2. The average molecular weight is 282 g/mol. The van der Waals surface area contributed by atoms with Crippen LogP contribution in [0.4, 0.5) is 5.82 Å². The van der Waals surface area contributed by atoms with Crippen molar-refractivity contribution in [3.8, 4) is 6.07 Å². The van der Waals surface area contributed by atoms with E-state index in [1.165, 1.54) is 6.20 Å². The molecular formula is C13H16ClN3O2. The van der Waals surface area contributed by atoms with Crippen LogP contribution in [0.2, 0.25) is 5.02 Å². The molecule has 1 aromatic rings. The first-order chi connectivity index (χ1) is 9.13. The van der Waals surface area contributed by atoms with Crippen LogP contribution in [0.25, 0.3) is 0 Å². The summed E-state index contributed by atoms with van der Waals surface area (Å²) in [5, 5.41) is 9.31. The van der Waals surface area contributed by atoms with Crippen molar-refractivity contribution in [1.82, 2.24) is 4.98 Å². The minimum atomic E-state index is 0.00209. The van der Waals surface area contributed by atoms with E-state index in [0.717, 1.165) is 6.54 Å². The van der Waals surface area contributed by atoms with Crippen LogP contribution in [0, 0.1) is 11.3 Å². The lowest BCUT2D eigenvalue weighted by Crippen LogP contribution is -2.48. The van der Waals surface area contributed by atoms with Gasteiger partial charge in [-0.3, -0.25) is 0 Å². The van der Waals surface area contributed by atoms with E-state index in [-0.39, 0.29) is 12.2 Å². The van der Waals surface area contributed by atoms with Crippen LogP contribution >= 0.6 is 11.6 Å². The average Bonchev–Trinajstić information content (AvgIpc) is 2.38. The summed E-state index contributed by atoms with van der Waals surface area (Å²) in [7, 11) is 1.65. The highest BCUT2D eigenvalue weighted by Crippen LogP contribution is 2.26. The van der Waals surface area contributed by atoms with Crippen LogP contribution in [0.15, 0.2) is 12.3 Å². The molecule has 2 atom stereocenters. The van der Waals surface area contributed by atoms with Crippen molar-refractivity contribution >= 4 is 17.4 Å². The molecule has 1 aromatic heterocycles. The SMILES string of the molecule is COCC1CN(c2ncc(C#N)cc2Cl)CC(C)O1. The van der Waals surface area contributed by atoms with E-state index in [0.29, 0.717) is 29.6 Å². The molecule has 6 heteroatoms. The van der Waals surface area contributed by atoms with Crippen molar-refractivity contribution in [2.75, 3.05) is 31.7 Å². The maximum absolute atomic E-state index is 8.82. The summed E-state index contributed by atoms with van der Waals surface area (Å²) in [6.07, 6.45) is 1.62. The van der Waals surface area contributed by atoms with Crippen molar-refractivity contribution < 1.29 is 9.47 Å². The van der Waals surface area contributed by atoms with Gasteiger partial charge in [-0.1, -0.05) is 11.6 Å². The number of hydrogen-bond acceptors (Lipinski definition) is 5. The Morgan fingerprint density at radius 1 is 1.63 bits per heavy atom. The molecule has 1 aliphatic heterocycles. The Balaban J connectivity index is 2.18. The fraction of sp³-hybridized carbons (Fsp3) is 0.538. The standard InChI is InChI=1S/C13H16ClN3O2/c1-9-6-17(7-11(19-9)8-18-2)13-12(14)3-10(4-15)5-16-13/h3,5,9,11H,6-8H2,1-2H3. The summed E-state index contributed by atoms with van der Waals surface area (Å²) >= 11 is 6.19. The Morgan fingerprint density at radius 2 is 2.42 bits per heavy atom. The summed E-state index contributed by atoms with van der Waals surface area (Å²) in [4.78, 5) is 6.35.